The molecule has 2 heterocycles. The van der Waals surface area contributed by atoms with E-state index in [1.54, 1.807) is 0 Å². The second-order valence-electron chi connectivity index (χ2n) is 5.32. The third-order valence-electron chi connectivity index (χ3n) is 3.94. The lowest BCUT2D eigenvalue weighted by Crippen LogP contribution is -2.49. The number of piperidine rings is 1. The normalized spacial score (nSPS) is 36.8. The molecular formula is C13H26N2O. The number of hydrogen-bond acceptors (Lipinski definition) is 3. The minimum Gasteiger partial charge on any atom is -0.377 e. The number of nitrogens with zero attached hydrogens (tertiary/aromatic N) is 1. The SMILES string of the molecule is CCNC1CCN(CC2CCCO2)CC1C. The summed E-state index contributed by atoms with van der Waals surface area (Å²) in [5.74, 6) is 0.773. The number of hydrogen-bond donors (Lipinski definition) is 1. The highest BCUT2D eigenvalue weighted by Gasteiger charge is 2.27. The van der Waals surface area contributed by atoms with E-state index in [1.165, 1.54) is 32.4 Å². The Balaban J connectivity index is 1.73. The molecule has 3 atom stereocenters. The van der Waals surface area contributed by atoms with Crippen LogP contribution in [0.2, 0.25) is 0 Å². The summed E-state index contributed by atoms with van der Waals surface area (Å²) in [5.41, 5.74) is 0. The van der Waals surface area contributed by atoms with Crippen LogP contribution in [0.3, 0.4) is 0 Å². The Morgan fingerprint density at radius 3 is 2.88 bits per heavy atom. The van der Waals surface area contributed by atoms with Crippen LogP contribution >= 0.6 is 0 Å². The van der Waals surface area contributed by atoms with E-state index < -0.39 is 0 Å². The van der Waals surface area contributed by atoms with Gasteiger partial charge in [-0.25, -0.2) is 0 Å². The molecule has 0 aromatic carbocycles. The fourth-order valence-corrected chi connectivity index (χ4v) is 3.04. The van der Waals surface area contributed by atoms with Crippen LogP contribution in [0.4, 0.5) is 0 Å². The van der Waals surface area contributed by atoms with Crippen molar-refractivity contribution in [3.63, 3.8) is 0 Å². The molecule has 0 radical (unpaired) electrons. The van der Waals surface area contributed by atoms with Crippen LogP contribution in [-0.2, 0) is 4.74 Å². The van der Waals surface area contributed by atoms with Gasteiger partial charge in [-0.1, -0.05) is 13.8 Å². The molecule has 2 aliphatic rings. The van der Waals surface area contributed by atoms with Crippen molar-refractivity contribution < 1.29 is 4.74 Å². The molecule has 0 aliphatic carbocycles. The van der Waals surface area contributed by atoms with E-state index in [4.69, 9.17) is 4.74 Å². The summed E-state index contributed by atoms with van der Waals surface area (Å²) in [4.78, 5) is 2.59. The highest BCUT2D eigenvalue weighted by molar-refractivity contribution is 4.84. The first-order valence-corrected chi connectivity index (χ1v) is 6.87. The largest absolute Gasteiger partial charge is 0.377 e. The van der Waals surface area contributed by atoms with Gasteiger partial charge in [-0.15, -0.1) is 0 Å². The van der Waals surface area contributed by atoms with E-state index in [0.717, 1.165) is 31.7 Å². The standard InChI is InChI=1S/C13H26N2O/c1-3-14-13-6-7-15(9-11(13)2)10-12-5-4-8-16-12/h11-14H,3-10H2,1-2H3. The summed E-state index contributed by atoms with van der Waals surface area (Å²) in [6, 6.07) is 0.728. The first-order valence-electron chi connectivity index (χ1n) is 6.87. The van der Waals surface area contributed by atoms with Gasteiger partial charge >= 0.3 is 0 Å². The maximum atomic E-state index is 5.71. The molecule has 94 valence electrons. The Hall–Kier alpha value is -0.120. The van der Waals surface area contributed by atoms with Crippen molar-refractivity contribution in [2.75, 3.05) is 32.8 Å². The Labute approximate surface area is 99.5 Å². The fraction of sp³-hybridized carbons (Fsp3) is 1.00. The van der Waals surface area contributed by atoms with Gasteiger partial charge in [-0.3, -0.25) is 0 Å². The second-order valence-corrected chi connectivity index (χ2v) is 5.32. The molecule has 2 aliphatic heterocycles. The number of nitrogens with one attached hydrogen (secondary N) is 1. The molecule has 0 amide bonds. The predicted octanol–water partition coefficient (Wildman–Crippen LogP) is 1.49. The highest BCUT2D eigenvalue weighted by Crippen LogP contribution is 2.20. The van der Waals surface area contributed by atoms with Gasteiger partial charge in [0.15, 0.2) is 0 Å². The Morgan fingerprint density at radius 1 is 1.38 bits per heavy atom. The van der Waals surface area contributed by atoms with Crippen LogP contribution in [0.25, 0.3) is 0 Å². The van der Waals surface area contributed by atoms with E-state index in [-0.39, 0.29) is 0 Å². The molecule has 16 heavy (non-hydrogen) atoms. The molecule has 3 unspecified atom stereocenters. The summed E-state index contributed by atoms with van der Waals surface area (Å²) in [6.45, 7) is 10.3. The van der Waals surface area contributed by atoms with E-state index in [2.05, 4.69) is 24.1 Å². The van der Waals surface area contributed by atoms with Crippen LogP contribution in [0.1, 0.15) is 33.1 Å². The first kappa shape index (κ1) is 12.3. The summed E-state index contributed by atoms with van der Waals surface area (Å²) < 4.78 is 5.71. The molecule has 3 nitrogen and oxygen atoms in total. The molecule has 0 saturated carbocycles. The van der Waals surface area contributed by atoms with Crippen LogP contribution in [0.15, 0.2) is 0 Å². The van der Waals surface area contributed by atoms with Crippen molar-refractivity contribution in [3.8, 4) is 0 Å². The van der Waals surface area contributed by atoms with Gasteiger partial charge in [0.2, 0.25) is 0 Å². The van der Waals surface area contributed by atoms with Gasteiger partial charge in [-0.2, -0.15) is 0 Å². The van der Waals surface area contributed by atoms with Crippen LogP contribution in [0.5, 0.6) is 0 Å². The molecule has 0 aromatic rings. The summed E-state index contributed by atoms with van der Waals surface area (Å²) in [6.07, 6.45) is 4.33. The van der Waals surface area contributed by atoms with Crippen molar-refractivity contribution in [2.24, 2.45) is 5.92 Å². The lowest BCUT2D eigenvalue weighted by atomic mass is 9.93. The molecular weight excluding hydrogens is 200 g/mol. The van der Waals surface area contributed by atoms with Gasteiger partial charge in [0.25, 0.3) is 0 Å². The predicted molar refractivity (Wildman–Crippen MR) is 66.7 cm³/mol. The second kappa shape index (κ2) is 5.99. The third kappa shape index (κ3) is 3.19. The Morgan fingerprint density at radius 2 is 2.25 bits per heavy atom. The molecule has 0 aromatic heterocycles. The van der Waals surface area contributed by atoms with Gasteiger partial charge < -0.3 is 15.0 Å². The monoisotopic (exact) mass is 226 g/mol. The number of likely N-dealkylation sites (tertiary alicyclic amines) is 1. The summed E-state index contributed by atoms with van der Waals surface area (Å²) >= 11 is 0. The van der Waals surface area contributed by atoms with Gasteiger partial charge in [0.1, 0.15) is 0 Å². The van der Waals surface area contributed by atoms with Crippen LogP contribution < -0.4 is 5.32 Å². The third-order valence-corrected chi connectivity index (χ3v) is 3.94. The minimum absolute atomic E-state index is 0.517. The molecule has 0 spiro atoms. The molecule has 0 bridgehead atoms. The number of ether oxygens (including phenoxy) is 1. The maximum Gasteiger partial charge on any atom is 0.0702 e. The van der Waals surface area contributed by atoms with E-state index in [1.807, 2.05) is 0 Å². The zero-order valence-corrected chi connectivity index (χ0v) is 10.7. The molecule has 2 saturated heterocycles. The Kier molecular flexibility index (Phi) is 4.62. The lowest BCUT2D eigenvalue weighted by molar-refractivity contribution is 0.0516. The summed E-state index contributed by atoms with van der Waals surface area (Å²) in [7, 11) is 0. The quantitative estimate of drug-likeness (QED) is 0.786. The maximum absolute atomic E-state index is 5.71. The average molecular weight is 226 g/mol. The fourth-order valence-electron chi connectivity index (χ4n) is 3.04. The lowest BCUT2D eigenvalue weighted by Gasteiger charge is -2.38. The molecule has 2 rings (SSSR count). The number of rotatable bonds is 4. The van der Waals surface area contributed by atoms with Crippen molar-refractivity contribution in [1.82, 2.24) is 10.2 Å². The van der Waals surface area contributed by atoms with Crippen LogP contribution in [-0.4, -0.2) is 49.8 Å². The van der Waals surface area contributed by atoms with E-state index >= 15 is 0 Å². The van der Waals surface area contributed by atoms with Crippen LogP contribution in [0, 0.1) is 5.92 Å². The molecule has 3 heteroatoms. The van der Waals surface area contributed by atoms with E-state index in [0.29, 0.717) is 6.10 Å². The Bertz CT molecular complexity index is 204. The molecule has 1 N–H and O–H groups in total. The smallest absolute Gasteiger partial charge is 0.0702 e. The van der Waals surface area contributed by atoms with E-state index in [9.17, 15) is 0 Å². The average Bonchev–Trinajstić information content (AvgIpc) is 2.75. The highest BCUT2D eigenvalue weighted by atomic mass is 16.5. The minimum atomic E-state index is 0.517. The summed E-state index contributed by atoms with van der Waals surface area (Å²) in [5, 5.41) is 3.59. The van der Waals surface area contributed by atoms with Gasteiger partial charge in [-0.05, 0) is 38.3 Å². The van der Waals surface area contributed by atoms with Crippen molar-refractivity contribution >= 4 is 0 Å². The van der Waals surface area contributed by atoms with Crippen molar-refractivity contribution in [1.29, 1.82) is 0 Å². The van der Waals surface area contributed by atoms with Crippen molar-refractivity contribution in [3.05, 3.63) is 0 Å². The topological polar surface area (TPSA) is 24.5 Å². The molecule has 2 fully saturated rings. The first-order chi connectivity index (χ1) is 7.79. The van der Waals surface area contributed by atoms with Gasteiger partial charge in [0, 0.05) is 25.7 Å². The van der Waals surface area contributed by atoms with Crippen molar-refractivity contribution in [2.45, 2.75) is 45.3 Å². The zero-order valence-electron chi connectivity index (χ0n) is 10.7. The van der Waals surface area contributed by atoms with Gasteiger partial charge in [0.05, 0.1) is 6.10 Å². The zero-order chi connectivity index (χ0) is 11.4.